The van der Waals surface area contributed by atoms with Gasteiger partial charge >= 0.3 is 0 Å². The Morgan fingerprint density at radius 1 is 0.750 bits per heavy atom. The van der Waals surface area contributed by atoms with Crippen LogP contribution < -0.4 is 0 Å². The molecule has 0 bridgehead atoms. The van der Waals surface area contributed by atoms with E-state index in [9.17, 15) is 0 Å². The summed E-state index contributed by atoms with van der Waals surface area (Å²) >= 11 is 0. The minimum Gasteiger partial charge on any atom is -0.0877 e. The Morgan fingerprint density at radius 2 is 1.38 bits per heavy atom. The van der Waals surface area contributed by atoms with Crippen LogP contribution in [0.2, 0.25) is 0 Å². The van der Waals surface area contributed by atoms with Gasteiger partial charge in [0.1, 0.15) is 0 Å². The Kier molecular flexibility index (Phi) is 13.1. The second kappa shape index (κ2) is 14.0. The second-order valence-electron chi connectivity index (χ2n) is 3.78. The van der Waals surface area contributed by atoms with Gasteiger partial charge in [-0.3, -0.25) is 0 Å². The lowest BCUT2D eigenvalue weighted by atomic mass is 10.1. The van der Waals surface area contributed by atoms with E-state index in [-0.39, 0.29) is 0 Å². The van der Waals surface area contributed by atoms with Crippen molar-refractivity contribution in [2.24, 2.45) is 0 Å². The molecule has 16 heavy (non-hydrogen) atoms. The minimum atomic E-state index is 1.08. The van der Waals surface area contributed by atoms with E-state index >= 15 is 0 Å². The van der Waals surface area contributed by atoms with Crippen LogP contribution in [0.5, 0.6) is 0 Å². The average Bonchev–Trinajstić information content (AvgIpc) is 2.31. The number of allylic oxidation sites excluding steroid dienone is 8. The number of hydrogen-bond acceptors (Lipinski definition) is 0. The summed E-state index contributed by atoms with van der Waals surface area (Å²) in [5.41, 5.74) is 0. The van der Waals surface area contributed by atoms with Crippen LogP contribution in [0, 0.1) is 6.92 Å². The van der Waals surface area contributed by atoms with Crippen LogP contribution in [-0.2, 0) is 0 Å². The Hall–Kier alpha value is -1.04. The van der Waals surface area contributed by atoms with Gasteiger partial charge in [-0.1, -0.05) is 81.2 Å². The fraction of sp³-hybridized carbons (Fsp3) is 0.438. The van der Waals surface area contributed by atoms with Gasteiger partial charge in [0.2, 0.25) is 0 Å². The molecule has 89 valence electrons. The van der Waals surface area contributed by atoms with Gasteiger partial charge in [-0.15, -0.1) is 0 Å². The lowest BCUT2D eigenvalue weighted by Crippen LogP contribution is -1.75. The molecule has 0 aromatic heterocycles. The van der Waals surface area contributed by atoms with Crippen LogP contribution >= 0.6 is 0 Å². The third kappa shape index (κ3) is 13.0. The maximum Gasteiger partial charge on any atom is -0.0348 e. The van der Waals surface area contributed by atoms with Gasteiger partial charge in [-0.2, -0.15) is 0 Å². The molecule has 0 saturated carbocycles. The summed E-state index contributed by atoms with van der Waals surface area (Å²) in [7, 11) is 0. The summed E-state index contributed by atoms with van der Waals surface area (Å²) in [4.78, 5) is 0. The topological polar surface area (TPSA) is 0 Å². The molecular formula is C16H25. The molecule has 1 radical (unpaired) electrons. The minimum absolute atomic E-state index is 1.08. The maximum absolute atomic E-state index is 3.84. The molecule has 0 spiro atoms. The van der Waals surface area contributed by atoms with Gasteiger partial charge in [0.15, 0.2) is 0 Å². The van der Waals surface area contributed by atoms with Crippen LogP contribution in [0.3, 0.4) is 0 Å². The first-order valence-corrected chi connectivity index (χ1v) is 6.32. The van der Waals surface area contributed by atoms with Crippen molar-refractivity contribution in [1.82, 2.24) is 0 Å². The summed E-state index contributed by atoms with van der Waals surface area (Å²) in [6.45, 7) is 5.86. The first kappa shape index (κ1) is 15.0. The van der Waals surface area contributed by atoms with Crippen molar-refractivity contribution in [2.45, 2.75) is 45.4 Å². The molecule has 0 aliphatic rings. The molecule has 0 aromatic rings. The molecule has 0 nitrogen and oxygen atoms in total. The zero-order valence-electron chi connectivity index (χ0n) is 10.6. The molecule has 0 N–H and O–H groups in total. The quantitative estimate of drug-likeness (QED) is 0.358. The van der Waals surface area contributed by atoms with Crippen molar-refractivity contribution in [3.8, 4) is 0 Å². The van der Waals surface area contributed by atoms with Crippen LogP contribution in [0.4, 0.5) is 0 Å². The Balaban J connectivity index is 3.33. The third-order valence-corrected chi connectivity index (χ3v) is 2.25. The van der Waals surface area contributed by atoms with E-state index < -0.39 is 0 Å². The van der Waals surface area contributed by atoms with Gasteiger partial charge in [0.25, 0.3) is 0 Å². The van der Waals surface area contributed by atoms with E-state index in [2.05, 4.69) is 31.2 Å². The maximum atomic E-state index is 3.84. The van der Waals surface area contributed by atoms with Gasteiger partial charge in [0.05, 0.1) is 0 Å². The molecule has 0 aromatic carbocycles. The lowest BCUT2D eigenvalue weighted by Gasteiger charge is -1.95. The largest absolute Gasteiger partial charge is 0.0877 e. The van der Waals surface area contributed by atoms with Gasteiger partial charge in [0, 0.05) is 0 Å². The molecule has 0 heterocycles. The molecule has 0 rings (SSSR count). The highest BCUT2D eigenvalue weighted by molar-refractivity contribution is 5.14. The van der Waals surface area contributed by atoms with Crippen molar-refractivity contribution < 1.29 is 0 Å². The zero-order valence-corrected chi connectivity index (χ0v) is 10.6. The van der Waals surface area contributed by atoms with E-state index in [1.54, 1.807) is 0 Å². The summed E-state index contributed by atoms with van der Waals surface area (Å²) in [6.07, 6.45) is 24.1. The summed E-state index contributed by atoms with van der Waals surface area (Å²) in [5, 5.41) is 0. The first-order chi connectivity index (χ1) is 7.91. The van der Waals surface area contributed by atoms with E-state index in [0.29, 0.717) is 0 Å². The van der Waals surface area contributed by atoms with Crippen LogP contribution in [0.1, 0.15) is 45.4 Å². The highest BCUT2D eigenvalue weighted by Gasteiger charge is 1.85. The van der Waals surface area contributed by atoms with Crippen LogP contribution in [0.15, 0.2) is 48.6 Å². The Bertz CT molecular complexity index is 228. The van der Waals surface area contributed by atoms with Gasteiger partial charge < -0.3 is 0 Å². The van der Waals surface area contributed by atoms with E-state index in [1.165, 1.54) is 32.1 Å². The summed E-state index contributed by atoms with van der Waals surface area (Å²) in [5.74, 6) is 0. The first-order valence-electron chi connectivity index (χ1n) is 6.32. The van der Waals surface area contributed by atoms with Crippen molar-refractivity contribution in [1.29, 1.82) is 0 Å². The Morgan fingerprint density at radius 3 is 2.06 bits per heavy atom. The molecule has 0 atom stereocenters. The SMILES string of the molecule is [CH2]CCCCCCC=CC=CC=CC=CC. The van der Waals surface area contributed by atoms with Crippen molar-refractivity contribution in [2.75, 3.05) is 0 Å². The van der Waals surface area contributed by atoms with Crippen molar-refractivity contribution in [3.63, 3.8) is 0 Å². The predicted molar refractivity (Wildman–Crippen MR) is 75.3 cm³/mol. The molecular weight excluding hydrogens is 192 g/mol. The second-order valence-corrected chi connectivity index (χ2v) is 3.78. The van der Waals surface area contributed by atoms with E-state index in [1.807, 2.05) is 31.2 Å². The van der Waals surface area contributed by atoms with E-state index in [0.717, 1.165) is 6.42 Å². The lowest BCUT2D eigenvalue weighted by molar-refractivity contribution is 0.651. The van der Waals surface area contributed by atoms with Crippen LogP contribution in [-0.4, -0.2) is 0 Å². The predicted octanol–water partition coefficient (Wildman–Crippen LogP) is 5.41. The average molecular weight is 217 g/mol. The zero-order chi connectivity index (χ0) is 11.9. The standard InChI is InChI=1S/C16H25/c1-3-5-7-9-11-13-15-16-14-12-10-8-6-4-2/h4,6,8,10,12,14-16H,1,3,5,7,9,11,13H2,2H3. The molecule has 0 aliphatic heterocycles. The van der Waals surface area contributed by atoms with E-state index in [4.69, 9.17) is 0 Å². The summed E-state index contributed by atoms with van der Waals surface area (Å²) < 4.78 is 0. The normalized spacial score (nSPS) is 12.9. The molecule has 0 aliphatic carbocycles. The molecule has 0 unspecified atom stereocenters. The molecule has 0 heteroatoms. The fourth-order valence-electron chi connectivity index (χ4n) is 1.34. The van der Waals surface area contributed by atoms with Gasteiger partial charge in [-0.05, 0) is 19.8 Å². The van der Waals surface area contributed by atoms with Crippen molar-refractivity contribution >= 4 is 0 Å². The molecule has 0 saturated heterocycles. The smallest absolute Gasteiger partial charge is 0.0348 e. The van der Waals surface area contributed by atoms with Gasteiger partial charge in [-0.25, -0.2) is 0 Å². The summed E-state index contributed by atoms with van der Waals surface area (Å²) in [6, 6.07) is 0. The van der Waals surface area contributed by atoms with Crippen LogP contribution in [0.25, 0.3) is 0 Å². The highest BCUT2D eigenvalue weighted by Crippen LogP contribution is 2.05. The number of rotatable bonds is 9. The highest BCUT2D eigenvalue weighted by atomic mass is 13.9. The number of unbranched alkanes of at least 4 members (excludes halogenated alkanes) is 5. The monoisotopic (exact) mass is 217 g/mol. The fourth-order valence-corrected chi connectivity index (χ4v) is 1.34. The molecule has 0 fully saturated rings. The Labute approximate surface area is 101 Å². The third-order valence-electron chi connectivity index (χ3n) is 2.25. The number of hydrogen-bond donors (Lipinski definition) is 0. The van der Waals surface area contributed by atoms with Crippen molar-refractivity contribution in [3.05, 3.63) is 55.5 Å². The molecule has 0 amide bonds.